The molecule has 2 heterocycles. The first-order valence-corrected chi connectivity index (χ1v) is 11.2. The summed E-state index contributed by atoms with van der Waals surface area (Å²) in [6.07, 6.45) is 4.46. The number of nitrogens with one attached hydrogen (secondary N) is 1. The van der Waals surface area contributed by atoms with Gasteiger partial charge in [0.25, 0.3) is 0 Å². The van der Waals surface area contributed by atoms with Gasteiger partial charge in [-0.3, -0.25) is 9.47 Å². The van der Waals surface area contributed by atoms with Gasteiger partial charge in [0.2, 0.25) is 11.1 Å². The van der Waals surface area contributed by atoms with Crippen LogP contribution in [-0.4, -0.2) is 38.3 Å². The van der Waals surface area contributed by atoms with Crippen LogP contribution in [0.2, 0.25) is 0 Å². The van der Waals surface area contributed by atoms with E-state index in [9.17, 15) is 4.79 Å². The highest BCUT2D eigenvalue weighted by atomic mass is 32.2. The summed E-state index contributed by atoms with van der Waals surface area (Å²) >= 11 is 1.36. The van der Waals surface area contributed by atoms with Crippen molar-refractivity contribution in [2.24, 2.45) is 0 Å². The molecule has 0 fully saturated rings. The van der Waals surface area contributed by atoms with Gasteiger partial charge in [-0.2, -0.15) is 0 Å². The lowest BCUT2D eigenvalue weighted by Gasteiger charge is -2.12. The summed E-state index contributed by atoms with van der Waals surface area (Å²) < 4.78 is 9.09. The molecule has 4 rings (SSSR count). The number of benzene rings is 2. The van der Waals surface area contributed by atoms with Gasteiger partial charge >= 0.3 is 0 Å². The third-order valence-electron chi connectivity index (χ3n) is 5.23. The van der Waals surface area contributed by atoms with Crippen molar-refractivity contribution in [1.29, 1.82) is 0 Å². The third kappa shape index (κ3) is 4.86. The number of carbonyl (C=O) groups excluding carboxylic acids is 1. The maximum atomic E-state index is 12.6. The van der Waals surface area contributed by atoms with Crippen LogP contribution in [-0.2, 0) is 11.2 Å². The first-order chi connectivity index (χ1) is 15.5. The summed E-state index contributed by atoms with van der Waals surface area (Å²) in [7, 11) is 1.65. The number of ether oxygens (including phenoxy) is 1. The van der Waals surface area contributed by atoms with E-state index < -0.39 is 0 Å². The molecule has 0 aliphatic rings. The van der Waals surface area contributed by atoms with E-state index in [1.807, 2.05) is 90.2 Å². The Balaban J connectivity index is 1.51. The summed E-state index contributed by atoms with van der Waals surface area (Å²) in [5.41, 5.74) is 4.15. The maximum Gasteiger partial charge on any atom is 0.234 e. The standard InChI is InChI=1S/C24H25N5O2S/c1-17-7-6-8-21(18(17)2)25-23(30)16-32-24-27-26-22(29(24)28-13-4-5-14-28)15-19-9-11-20(31-3)12-10-19/h4-14H,15-16H2,1-3H3,(H,25,30). The van der Waals surface area contributed by atoms with Gasteiger partial charge < -0.3 is 10.1 Å². The number of hydrogen-bond acceptors (Lipinski definition) is 5. The van der Waals surface area contributed by atoms with Gasteiger partial charge in [0, 0.05) is 24.5 Å². The molecule has 0 radical (unpaired) electrons. The number of aromatic nitrogens is 4. The van der Waals surface area contributed by atoms with Crippen molar-refractivity contribution in [3.8, 4) is 5.75 Å². The minimum atomic E-state index is -0.0811. The largest absolute Gasteiger partial charge is 0.497 e. The highest BCUT2D eigenvalue weighted by molar-refractivity contribution is 7.99. The first-order valence-electron chi connectivity index (χ1n) is 10.2. The molecule has 0 spiro atoms. The fourth-order valence-electron chi connectivity index (χ4n) is 3.32. The molecule has 2 aromatic carbocycles. The van der Waals surface area contributed by atoms with Gasteiger partial charge in [-0.1, -0.05) is 36.0 Å². The number of aryl methyl sites for hydroxylation is 1. The zero-order chi connectivity index (χ0) is 22.5. The van der Waals surface area contributed by atoms with Gasteiger partial charge in [0.15, 0.2) is 5.82 Å². The van der Waals surface area contributed by atoms with Crippen molar-refractivity contribution < 1.29 is 9.53 Å². The molecule has 0 saturated heterocycles. The molecule has 7 nitrogen and oxygen atoms in total. The lowest BCUT2D eigenvalue weighted by Crippen LogP contribution is -2.17. The zero-order valence-electron chi connectivity index (χ0n) is 18.3. The SMILES string of the molecule is COc1ccc(Cc2nnc(SCC(=O)Nc3cccc(C)c3C)n2-n2cccc2)cc1. The molecular formula is C24H25N5O2S. The molecule has 32 heavy (non-hydrogen) atoms. The second-order valence-corrected chi connectivity index (χ2v) is 8.33. The van der Waals surface area contributed by atoms with Crippen LogP contribution in [0, 0.1) is 13.8 Å². The minimum Gasteiger partial charge on any atom is -0.497 e. The molecule has 2 aromatic heterocycles. The number of hydrogen-bond donors (Lipinski definition) is 1. The average Bonchev–Trinajstić information content (AvgIpc) is 3.46. The Hall–Kier alpha value is -3.52. The van der Waals surface area contributed by atoms with Crippen molar-refractivity contribution >= 4 is 23.4 Å². The van der Waals surface area contributed by atoms with Gasteiger partial charge in [-0.15, -0.1) is 10.2 Å². The van der Waals surface area contributed by atoms with E-state index in [2.05, 4.69) is 15.5 Å². The van der Waals surface area contributed by atoms with E-state index in [0.29, 0.717) is 11.6 Å². The highest BCUT2D eigenvalue weighted by Gasteiger charge is 2.16. The Kier molecular flexibility index (Phi) is 6.61. The van der Waals surface area contributed by atoms with Crippen molar-refractivity contribution in [2.75, 3.05) is 18.2 Å². The number of thioether (sulfide) groups is 1. The second kappa shape index (κ2) is 9.74. The van der Waals surface area contributed by atoms with Crippen molar-refractivity contribution in [3.05, 3.63) is 89.5 Å². The molecular weight excluding hydrogens is 422 g/mol. The molecule has 0 saturated carbocycles. The topological polar surface area (TPSA) is 74.0 Å². The monoisotopic (exact) mass is 447 g/mol. The van der Waals surface area contributed by atoms with Crippen LogP contribution in [0.25, 0.3) is 0 Å². The summed E-state index contributed by atoms with van der Waals surface area (Å²) in [5, 5.41) is 12.4. The lowest BCUT2D eigenvalue weighted by molar-refractivity contribution is -0.113. The first kappa shape index (κ1) is 21.7. The van der Waals surface area contributed by atoms with E-state index in [1.165, 1.54) is 11.8 Å². The van der Waals surface area contributed by atoms with Crippen molar-refractivity contribution in [3.63, 3.8) is 0 Å². The third-order valence-corrected chi connectivity index (χ3v) is 6.15. The van der Waals surface area contributed by atoms with Crippen molar-refractivity contribution in [2.45, 2.75) is 25.4 Å². The quantitative estimate of drug-likeness (QED) is 0.407. The zero-order valence-corrected chi connectivity index (χ0v) is 19.1. The van der Waals surface area contributed by atoms with Crippen LogP contribution in [0.5, 0.6) is 5.75 Å². The molecule has 1 N–H and O–H groups in total. The molecule has 0 unspecified atom stereocenters. The van der Waals surface area contributed by atoms with E-state index in [0.717, 1.165) is 34.0 Å². The van der Waals surface area contributed by atoms with Gasteiger partial charge in [-0.05, 0) is 60.9 Å². The Labute approximate surface area is 191 Å². The number of rotatable bonds is 8. The number of carbonyl (C=O) groups is 1. The molecule has 0 bridgehead atoms. The summed E-state index contributed by atoms with van der Waals surface area (Å²) in [4.78, 5) is 12.6. The normalized spacial score (nSPS) is 10.8. The molecule has 0 aliphatic carbocycles. The van der Waals surface area contributed by atoms with Crippen LogP contribution in [0.4, 0.5) is 5.69 Å². The van der Waals surface area contributed by atoms with Crippen LogP contribution in [0.1, 0.15) is 22.5 Å². The lowest BCUT2D eigenvalue weighted by atomic mass is 10.1. The summed E-state index contributed by atoms with van der Waals surface area (Å²) in [6.45, 7) is 4.04. The predicted octanol–water partition coefficient (Wildman–Crippen LogP) is 4.34. The Morgan fingerprint density at radius 3 is 2.50 bits per heavy atom. The van der Waals surface area contributed by atoms with Crippen LogP contribution < -0.4 is 10.1 Å². The van der Waals surface area contributed by atoms with Crippen LogP contribution in [0.15, 0.2) is 72.1 Å². The Bertz CT molecular complexity index is 1200. The number of amides is 1. The average molecular weight is 448 g/mol. The smallest absolute Gasteiger partial charge is 0.234 e. The summed E-state index contributed by atoms with van der Waals surface area (Å²) in [6, 6.07) is 17.7. The number of anilines is 1. The fraction of sp³-hybridized carbons (Fsp3) is 0.208. The molecule has 164 valence electrons. The summed E-state index contributed by atoms with van der Waals surface area (Å²) in [5.74, 6) is 1.74. The Morgan fingerprint density at radius 2 is 1.78 bits per heavy atom. The highest BCUT2D eigenvalue weighted by Crippen LogP contribution is 2.22. The maximum absolute atomic E-state index is 12.6. The van der Waals surface area contributed by atoms with E-state index >= 15 is 0 Å². The van der Waals surface area contributed by atoms with Crippen molar-refractivity contribution in [1.82, 2.24) is 19.5 Å². The van der Waals surface area contributed by atoms with E-state index in [1.54, 1.807) is 7.11 Å². The van der Waals surface area contributed by atoms with E-state index in [-0.39, 0.29) is 11.7 Å². The molecule has 4 aromatic rings. The van der Waals surface area contributed by atoms with Gasteiger partial charge in [0.1, 0.15) is 5.75 Å². The second-order valence-electron chi connectivity index (χ2n) is 7.38. The number of methoxy groups -OCH3 is 1. The molecule has 8 heteroatoms. The molecule has 0 aliphatic heterocycles. The minimum absolute atomic E-state index is 0.0811. The van der Waals surface area contributed by atoms with Crippen LogP contribution in [0.3, 0.4) is 0 Å². The molecule has 0 atom stereocenters. The van der Waals surface area contributed by atoms with Crippen LogP contribution >= 0.6 is 11.8 Å². The van der Waals surface area contributed by atoms with Gasteiger partial charge in [-0.25, -0.2) is 4.68 Å². The predicted molar refractivity (Wildman–Crippen MR) is 126 cm³/mol. The van der Waals surface area contributed by atoms with E-state index in [4.69, 9.17) is 4.74 Å². The van der Waals surface area contributed by atoms with Gasteiger partial charge in [0.05, 0.1) is 12.9 Å². The Morgan fingerprint density at radius 1 is 1.03 bits per heavy atom. The fourth-order valence-corrected chi connectivity index (χ4v) is 4.07. The number of nitrogens with zero attached hydrogens (tertiary/aromatic N) is 4. The molecule has 1 amide bonds.